The molecule has 4 heteroatoms. The number of benzene rings is 6. The van der Waals surface area contributed by atoms with E-state index in [9.17, 15) is 0 Å². The number of pyridine rings is 4. The third-order valence-electron chi connectivity index (χ3n) is 9.68. The molecule has 0 aliphatic rings. The number of fused-ring (bicyclic) bond motifs is 6. The zero-order chi connectivity index (χ0) is 33.0. The Morgan fingerprint density at radius 1 is 0.320 bits per heavy atom. The molecule has 0 atom stereocenters. The zero-order valence-electron chi connectivity index (χ0n) is 27.0. The standard InChI is InChI=1S/C46H28N4/c1-2-7-31(8-3-1)44-37-9-4-5-10-41(37)50-46-38(44)22-20-32-21-23-40(49-45(32)46)36-19-18-34-27-33(16-17-35(34)28-36)29-12-14-30(15-13-29)39-24-25-42-43(48-39)11-6-26-47-42/h1-28H. The fourth-order valence-electron chi connectivity index (χ4n) is 7.15. The number of para-hydroxylation sites is 1. The van der Waals surface area contributed by atoms with Crippen LogP contribution in [-0.2, 0) is 0 Å². The lowest BCUT2D eigenvalue weighted by Gasteiger charge is -2.13. The van der Waals surface area contributed by atoms with Gasteiger partial charge in [-0.15, -0.1) is 0 Å². The molecule has 0 unspecified atom stereocenters. The monoisotopic (exact) mass is 636 g/mol. The molecule has 0 amide bonds. The predicted octanol–water partition coefficient (Wildman–Crippen LogP) is 11.7. The number of hydrogen-bond donors (Lipinski definition) is 0. The minimum atomic E-state index is 0.901. The van der Waals surface area contributed by atoms with Crippen LogP contribution in [0.1, 0.15) is 0 Å². The first-order valence-electron chi connectivity index (χ1n) is 16.8. The Balaban J connectivity index is 1.02. The molecule has 0 saturated heterocycles. The van der Waals surface area contributed by atoms with E-state index < -0.39 is 0 Å². The maximum Gasteiger partial charge on any atom is 0.0978 e. The summed E-state index contributed by atoms with van der Waals surface area (Å²) in [7, 11) is 0. The largest absolute Gasteiger partial charge is 0.255 e. The summed E-state index contributed by atoms with van der Waals surface area (Å²) >= 11 is 0. The highest BCUT2D eigenvalue weighted by atomic mass is 14.8. The third-order valence-corrected chi connectivity index (χ3v) is 9.68. The summed E-state index contributed by atoms with van der Waals surface area (Å²) in [6.45, 7) is 0. The van der Waals surface area contributed by atoms with Gasteiger partial charge in [0, 0.05) is 39.0 Å². The molecule has 0 aliphatic heterocycles. The summed E-state index contributed by atoms with van der Waals surface area (Å²) in [5.41, 5.74) is 13.4. The summed E-state index contributed by atoms with van der Waals surface area (Å²) in [4.78, 5) is 19.7. The lowest BCUT2D eigenvalue weighted by molar-refractivity contribution is 1.33. The molecule has 0 aliphatic carbocycles. The first kappa shape index (κ1) is 28.3. The van der Waals surface area contributed by atoms with Crippen molar-refractivity contribution in [2.75, 3.05) is 0 Å². The minimum Gasteiger partial charge on any atom is -0.255 e. The Hall–Kier alpha value is -6.78. The second-order valence-corrected chi connectivity index (χ2v) is 12.7. The van der Waals surface area contributed by atoms with Crippen molar-refractivity contribution in [1.29, 1.82) is 0 Å². The van der Waals surface area contributed by atoms with Gasteiger partial charge in [-0.3, -0.25) is 4.98 Å². The van der Waals surface area contributed by atoms with Gasteiger partial charge in [-0.2, -0.15) is 0 Å². The van der Waals surface area contributed by atoms with Crippen LogP contribution < -0.4 is 0 Å². The molecular weight excluding hydrogens is 609 g/mol. The molecule has 0 bridgehead atoms. The van der Waals surface area contributed by atoms with Crippen molar-refractivity contribution in [2.45, 2.75) is 0 Å². The van der Waals surface area contributed by atoms with Crippen LogP contribution in [0.2, 0.25) is 0 Å². The van der Waals surface area contributed by atoms with Gasteiger partial charge in [-0.1, -0.05) is 115 Å². The normalized spacial score (nSPS) is 11.6. The Labute approximate surface area is 288 Å². The molecule has 0 fully saturated rings. The molecule has 4 nitrogen and oxygen atoms in total. The number of hydrogen-bond acceptors (Lipinski definition) is 4. The van der Waals surface area contributed by atoms with Crippen LogP contribution >= 0.6 is 0 Å². The Bertz CT molecular complexity index is 2920. The van der Waals surface area contributed by atoms with Gasteiger partial charge in [-0.05, 0) is 76.0 Å². The van der Waals surface area contributed by atoms with Gasteiger partial charge in [0.15, 0.2) is 0 Å². The third kappa shape index (κ3) is 4.77. The van der Waals surface area contributed by atoms with Gasteiger partial charge in [0.1, 0.15) is 0 Å². The molecule has 6 aromatic carbocycles. The number of aromatic nitrogens is 4. The second-order valence-electron chi connectivity index (χ2n) is 12.7. The van der Waals surface area contributed by atoms with Gasteiger partial charge in [0.2, 0.25) is 0 Å². The van der Waals surface area contributed by atoms with E-state index in [2.05, 4.69) is 145 Å². The Kier molecular flexibility index (Phi) is 6.46. The van der Waals surface area contributed by atoms with Crippen molar-refractivity contribution in [2.24, 2.45) is 0 Å². The van der Waals surface area contributed by atoms with E-state index in [1.165, 1.54) is 33.0 Å². The summed E-state index contributed by atoms with van der Waals surface area (Å²) < 4.78 is 0. The summed E-state index contributed by atoms with van der Waals surface area (Å²) in [6.07, 6.45) is 1.80. The molecule has 0 radical (unpaired) electrons. The summed E-state index contributed by atoms with van der Waals surface area (Å²) in [6, 6.07) is 57.5. The molecule has 232 valence electrons. The van der Waals surface area contributed by atoms with Crippen LogP contribution in [0.5, 0.6) is 0 Å². The molecular formula is C46H28N4. The fraction of sp³-hybridized carbons (Fsp3) is 0. The molecule has 0 spiro atoms. The van der Waals surface area contributed by atoms with E-state index in [1.54, 1.807) is 6.20 Å². The molecule has 10 aromatic rings. The topological polar surface area (TPSA) is 51.6 Å². The Morgan fingerprint density at radius 2 is 0.980 bits per heavy atom. The predicted molar refractivity (Wildman–Crippen MR) is 207 cm³/mol. The van der Waals surface area contributed by atoms with E-state index >= 15 is 0 Å². The maximum atomic E-state index is 5.27. The fourth-order valence-corrected chi connectivity index (χ4v) is 7.15. The van der Waals surface area contributed by atoms with Gasteiger partial charge in [-0.25, -0.2) is 15.0 Å². The minimum absolute atomic E-state index is 0.901. The first-order chi connectivity index (χ1) is 24.7. The SMILES string of the molecule is c1ccc(-c2c3ccccc3nc3c2ccc2ccc(-c4ccc5cc(-c6ccc(-c7ccc8ncccc8n7)cc6)ccc5c4)nc23)cc1. The average molecular weight is 637 g/mol. The van der Waals surface area contributed by atoms with Gasteiger partial charge in [0.05, 0.1) is 39.0 Å². The van der Waals surface area contributed by atoms with Crippen molar-refractivity contribution >= 4 is 54.5 Å². The summed E-state index contributed by atoms with van der Waals surface area (Å²) in [5, 5.41) is 5.69. The van der Waals surface area contributed by atoms with E-state index in [1.807, 2.05) is 24.3 Å². The molecule has 0 saturated carbocycles. The molecule has 4 heterocycles. The quantitative estimate of drug-likeness (QED) is 0.142. The van der Waals surface area contributed by atoms with E-state index in [0.29, 0.717) is 0 Å². The van der Waals surface area contributed by atoms with Crippen molar-refractivity contribution in [3.8, 4) is 44.8 Å². The van der Waals surface area contributed by atoms with Crippen LogP contribution in [0, 0.1) is 0 Å². The highest BCUT2D eigenvalue weighted by Crippen LogP contribution is 2.38. The van der Waals surface area contributed by atoms with E-state index in [0.717, 1.165) is 66.3 Å². The van der Waals surface area contributed by atoms with E-state index in [4.69, 9.17) is 15.0 Å². The van der Waals surface area contributed by atoms with Crippen molar-refractivity contribution in [3.05, 3.63) is 170 Å². The van der Waals surface area contributed by atoms with Crippen LogP contribution in [0.4, 0.5) is 0 Å². The van der Waals surface area contributed by atoms with E-state index in [-0.39, 0.29) is 0 Å². The first-order valence-corrected chi connectivity index (χ1v) is 16.8. The molecule has 50 heavy (non-hydrogen) atoms. The second kappa shape index (κ2) is 11.4. The highest BCUT2D eigenvalue weighted by molar-refractivity contribution is 6.16. The lowest BCUT2D eigenvalue weighted by atomic mass is 9.95. The van der Waals surface area contributed by atoms with Gasteiger partial charge < -0.3 is 0 Å². The van der Waals surface area contributed by atoms with Crippen LogP contribution in [0.3, 0.4) is 0 Å². The number of rotatable bonds is 4. The van der Waals surface area contributed by atoms with Crippen LogP contribution in [0.15, 0.2) is 170 Å². The van der Waals surface area contributed by atoms with Crippen molar-refractivity contribution in [3.63, 3.8) is 0 Å². The molecule has 10 rings (SSSR count). The molecule has 4 aromatic heterocycles. The maximum absolute atomic E-state index is 5.27. The van der Waals surface area contributed by atoms with Crippen molar-refractivity contribution in [1.82, 2.24) is 19.9 Å². The van der Waals surface area contributed by atoms with Gasteiger partial charge in [0.25, 0.3) is 0 Å². The smallest absolute Gasteiger partial charge is 0.0978 e. The molecule has 0 N–H and O–H groups in total. The van der Waals surface area contributed by atoms with Crippen LogP contribution in [0.25, 0.3) is 99.3 Å². The summed E-state index contributed by atoms with van der Waals surface area (Å²) in [5.74, 6) is 0. The average Bonchev–Trinajstić information content (AvgIpc) is 3.19. The van der Waals surface area contributed by atoms with Crippen molar-refractivity contribution < 1.29 is 0 Å². The Morgan fingerprint density at radius 3 is 1.86 bits per heavy atom. The lowest BCUT2D eigenvalue weighted by Crippen LogP contribution is -1.93. The highest BCUT2D eigenvalue weighted by Gasteiger charge is 2.15. The number of nitrogens with zero attached hydrogens (tertiary/aromatic N) is 4. The van der Waals surface area contributed by atoms with Crippen LogP contribution in [-0.4, -0.2) is 19.9 Å². The zero-order valence-corrected chi connectivity index (χ0v) is 27.0. The van der Waals surface area contributed by atoms with Gasteiger partial charge >= 0.3 is 0 Å².